The van der Waals surface area contributed by atoms with E-state index in [1.807, 2.05) is 35.7 Å². The van der Waals surface area contributed by atoms with Crippen molar-refractivity contribution in [3.8, 4) is 22.5 Å². The minimum atomic E-state index is 0.0637. The molecule has 1 aromatic heterocycles. The van der Waals surface area contributed by atoms with Crippen molar-refractivity contribution >= 4 is 47.3 Å². The number of aromatic nitrogens is 2. The van der Waals surface area contributed by atoms with Gasteiger partial charge in [0.25, 0.3) is 0 Å². The van der Waals surface area contributed by atoms with Crippen molar-refractivity contribution in [1.29, 1.82) is 0 Å². The SMILES string of the molecule is C1=c2ccccc2=CC2C1c1c(ccc3c1Sc1ccccc1S3)N2c1nc(-c2ccccc2)cc(-c2ccccc2)n1. The fourth-order valence-electron chi connectivity index (χ4n) is 6.48. The van der Waals surface area contributed by atoms with Gasteiger partial charge in [-0.25, -0.2) is 9.97 Å². The Kier molecular flexibility index (Phi) is 5.81. The summed E-state index contributed by atoms with van der Waals surface area (Å²) in [5, 5.41) is 2.54. The van der Waals surface area contributed by atoms with Gasteiger partial charge in [0.1, 0.15) is 0 Å². The Morgan fingerprint density at radius 3 is 1.79 bits per heavy atom. The first kappa shape index (κ1) is 25.0. The first-order valence-corrected chi connectivity index (χ1v) is 16.1. The number of nitrogens with zero attached hydrogens (tertiary/aromatic N) is 3. The molecular formula is C38H25N3S2. The van der Waals surface area contributed by atoms with Gasteiger partial charge >= 0.3 is 0 Å². The van der Waals surface area contributed by atoms with Crippen molar-refractivity contribution in [2.75, 3.05) is 4.90 Å². The van der Waals surface area contributed by atoms with Crippen LogP contribution in [0.2, 0.25) is 0 Å². The average molecular weight is 588 g/mol. The Hall–Kier alpha value is -4.58. The maximum absolute atomic E-state index is 5.27. The van der Waals surface area contributed by atoms with Crippen LogP contribution in [0.1, 0.15) is 11.5 Å². The van der Waals surface area contributed by atoms with Crippen molar-refractivity contribution < 1.29 is 0 Å². The quantitative estimate of drug-likeness (QED) is 0.207. The maximum Gasteiger partial charge on any atom is 0.231 e. The predicted molar refractivity (Wildman–Crippen MR) is 177 cm³/mol. The lowest BCUT2D eigenvalue weighted by atomic mass is 9.89. The van der Waals surface area contributed by atoms with Gasteiger partial charge in [-0.3, -0.25) is 0 Å². The van der Waals surface area contributed by atoms with Crippen LogP contribution >= 0.6 is 23.5 Å². The molecule has 6 aromatic rings. The van der Waals surface area contributed by atoms with Crippen molar-refractivity contribution in [3.05, 3.63) is 143 Å². The number of rotatable bonds is 3. The molecule has 0 radical (unpaired) electrons. The van der Waals surface area contributed by atoms with Crippen LogP contribution in [-0.4, -0.2) is 16.0 Å². The summed E-state index contributed by atoms with van der Waals surface area (Å²) >= 11 is 3.78. The molecule has 204 valence electrons. The van der Waals surface area contributed by atoms with Crippen molar-refractivity contribution in [3.63, 3.8) is 0 Å². The van der Waals surface area contributed by atoms with E-state index in [1.165, 1.54) is 41.3 Å². The van der Waals surface area contributed by atoms with E-state index in [1.54, 1.807) is 0 Å². The highest BCUT2D eigenvalue weighted by Gasteiger charge is 2.42. The lowest BCUT2D eigenvalue weighted by Crippen LogP contribution is -2.38. The molecule has 0 saturated heterocycles. The van der Waals surface area contributed by atoms with Crippen LogP contribution in [0.5, 0.6) is 0 Å². The largest absolute Gasteiger partial charge is 0.302 e. The molecule has 0 amide bonds. The van der Waals surface area contributed by atoms with Gasteiger partial charge in [-0.1, -0.05) is 133 Å². The first-order chi connectivity index (χ1) is 21.3. The van der Waals surface area contributed by atoms with Gasteiger partial charge in [-0.15, -0.1) is 0 Å². The summed E-state index contributed by atoms with van der Waals surface area (Å²) in [4.78, 5) is 18.2. The second kappa shape index (κ2) is 10.0. The Bertz CT molecular complexity index is 2100. The first-order valence-electron chi connectivity index (χ1n) is 14.5. The molecule has 0 spiro atoms. The molecule has 0 fully saturated rings. The normalized spacial score (nSPS) is 17.4. The smallest absolute Gasteiger partial charge is 0.231 e. The summed E-state index contributed by atoms with van der Waals surface area (Å²) < 4.78 is 0. The van der Waals surface area contributed by atoms with E-state index in [0.29, 0.717) is 0 Å². The van der Waals surface area contributed by atoms with Crippen LogP contribution in [0.15, 0.2) is 147 Å². The number of fused-ring (bicyclic) bond motifs is 7. The third-order valence-electron chi connectivity index (χ3n) is 8.45. The fraction of sp³-hybridized carbons (Fsp3) is 0.0526. The van der Waals surface area contributed by atoms with Gasteiger partial charge < -0.3 is 4.90 Å². The molecule has 3 aliphatic rings. The van der Waals surface area contributed by atoms with Crippen LogP contribution < -0.4 is 15.3 Å². The number of benzene rings is 5. The lowest BCUT2D eigenvalue weighted by Gasteiger charge is -2.27. The lowest BCUT2D eigenvalue weighted by molar-refractivity contribution is 0.774. The molecule has 0 bridgehead atoms. The van der Waals surface area contributed by atoms with Gasteiger partial charge in [0.05, 0.1) is 17.4 Å². The van der Waals surface area contributed by atoms with E-state index in [2.05, 4.69) is 132 Å². The molecule has 2 atom stereocenters. The zero-order chi connectivity index (χ0) is 28.3. The minimum Gasteiger partial charge on any atom is -0.302 e. The Morgan fingerprint density at radius 2 is 1.12 bits per heavy atom. The third-order valence-corrected chi connectivity index (χ3v) is 11.1. The van der Waals surface area contributed by atoms with Gasteiger partial charge in [0.15, 0.2) is 0 Å². The van der Waals surface area contributed by atoms with E-state index < -0.39 is 0 Å². The number of anilines is 2. The van der Waals surface area contributed by atoms with Crippen LogP contribution in [0.3, 0.4) is 0 Å². The summed E-state index contributed by atoms with van der Waals surface area (Å²) in [7, 11) is 0. The minimum absolute atomic E-state index is 0.0637. The van der Waals surface area contributed by atoms with Crippen molar-refractivity contribution in [1.82, 2.24) is 9.97 Å². The second-order valence-electron chi connectivity index (χ2n) is 11.0. The molecule has 1 aliphatic carbocycles. The average Bonchev–Trinajstić information content (AvgIpc) is 3.40. The zero-order valence-corrected chi connectivity index (χ0v) is 24.7. The van der Waals surface area contributed by atoms with E-state index in [0.717, 1.165) is 28.5 Å². The third kappa shape index (κ3) is 4.15. The van der Waals surface area contributed by atoms with Gasteiger partial charge in [0.2, 0.25) is 5.95 Å². The molecule has 2 aliphatic heterocycles. The van der Waals surface area contributed by atoms with Crippen molar-refractivity contribution in [2.24, 2.45) is 0 Å². The van der Waals surface area contributed by atoms with E-state index in [4.69, 9.17) is 9.97 Å². The van der Waals surface area contributed by atoms with Crippen LogP contribution in [-0.2, 0) is 0 Å². The topological polar surface area (TPSA) is 29.0 Å². The highest BCUT2D eigenvalue weighted by atomic mass is 32.2. The Morgan fingerprint density at radius 1 is 0.535 bits per heavy atom. The highest BCUT2D eigenvalue weighted by Crippen LogP contribution is 2.57. The molecule has 3 heterocycles. The summed E-state index contributed by atoms with van der Waals surface area (Å²) in [6.07, 6.45) is 4.88. The molecule has 0 saturated carbocycles. The molecule has 43 heavy (non-hydrogen) atoms. The molecule has 5 aromatic carbocycles. The van der Waals surface area contributed by atoms with E-state index >= 15 is 0 Å². The van der Waals surface area contributed by atoms with Gasteiger partial charge in [-0.05, 0) is 40.8 Å². The van der Waals surface area contributed by atoms with Gasteiger partial charge in [-0.2, -0.15) is 0 Å². The van der Waals surface area contributed by atoms with Crippen molar-refractivity contribution in [2.45, 2.75) is 31.5 Å². The molecule has 0 N–H and O–H groups in total. The van der Waals surface area contributed by atoms with E-state index in [9.17, 15) is 0 Å². The molecule has 3 nitrogen and oxygen atoms in total. The standard InChI is InChI=1S/C38H25N3S2/c1-3-11-24(12-4-1)29-23-30(25-13-5-2-6-14-25)40-38(39-29)41-31-19-20-35-37(43-34-18-10-9-17-33(34)42-35)36(31)28-21-26-15-7-8-16-27(26)22-32(28)41/h1-23,28,32H. The molecular weight excluding hydrogens is 563 g/mol. The predicted octanol–water partition coefficient (Wildman–Crippen LogP) is 8.31. The molecule has 5 heteroatoms. The highest BCUT2D eigenvalue weighted by molar-refractivity contribution is 8.05. The summed E-state index contributed by atoms with van der Waals surface area (Å²) in [6.45, 7) is 0. The second-order valence-corrected chi connectivity index (χ2v) is 13.1. The summed E-state index contributed by atoms with van der Waals surface area (Å²) in [5.41, 5.74) is 6.56. The number of hydrogen-bond acceptors (Lipinski definition) is 5. The van der Waals surface area contributed by atoms with Gasteiger partial charge in [0, 0.05) is 47.9 Å². The van der Waals surface area contributed by atoms with Crippen LogP contribution in [0.4, 0.5) is 11.6 Å². The zero-order valence-electron chi connectivity index (χ0n) is 23.1. The monoisotopic (exact) mass is 587 g/mol. The molecule has 9 rings (SSSR count). The summed E-state index contributed by atoms with van der Waals surface area (Å²) in [5.74, 6) is 0.911. The Balaban J connectivity index is 1.29. The maximum atomic E-state index is 5.27. The summed E-state index contributed by atoms with van der Waals surface area (Å²) in [6, 6.07) is 45.1. The fourth-order valence-corrected chi connectivity index (χ4v) is 8.92. The van der Waals surface area contributed by atoms with Crippen LogP contribution in [0.25, 0.3) is 34.7 Å². The van der Waals surface area contributed by atoms with Crippen LogP contribution in [0, 0.1) is 0 Å². The Labute approximate surface area is 258 Å². The van der Waals surface area contributed by atoms with E-state index in [-0.39, 0.29) is 12.0 Å². The molecule has 2 unspecified atom stereocenters. The number of hydrogen-bond donors (Lipinski definition) is 0.